The van der Waals surface area contributed by atoms with E-state index in [9.17, 15) is 4.79 Å². The number of carbonyl (C=O) groups excluding carboxylic acids is 1. The number of amides is 1. The van der Waals surface area contributed by atoms with Gasteiger partial charge in [0.25, 0.3) is 5.91 Å². The number of fused-ring (bicyclic) bond motifs is 1. The summed E-state index contributed by atoms with van der Waals surface area (Å²) >= 11 is 6.10. The Morgan fingerprint density at radius 1 is 1.17 bits per heavy atom. The quantitative estimate of drug-likeness (QED) is 0.828. The molecule has 0 saturated carbocycles. The van der Waals surface area contributed by atoms with Gasteiger partial charge in [0, 0.05) is 0 Å². The lowest BCUT2D eigenvalue weighted by molar-refractivity contribution is -0.122. The second kappa shape index (κ2) is 7.71. The molecule has 0 heterocycles. The molecule has 24 heavy (non-hydrogen) atoms. The van der Waals surface area contributed by atoms with Gasteiger partial charge in [-0.1, -0.05) is 36.7 Å². The molecule has 1 aliphatic rings. The first-order chi connectivity index (χ1) is 11.7. The molecule has 0 fully saturated rings. The van der Waals surface area contributed by atoms with E-state index in [0.29, 0.717) is 17.1 Å². The molecule has 0 radical (unpaired) electrons. The highest BCUT2D eigenvalue weighted by Gasteiger charge is 2.20. The van der Waals surface area contributed by atoms with E-state index in [4.69, 9.17) is 16.3 Å². The predicted molar refractivity (Wildman–Crippen MR) is 97.9 cm³/mol. The summed E-state index contributed by atoms with van der Waals surface area (Å²) in [5, 5.41) is 3.37. The first-order valence-electron chi connectivity index (χ1n) is 8.51. The molecule has 0 aliphatic heterocycles. The van der Waals surface area contributed by atoms with E-state index in [1.807, 2.05) is 25.1 Å². The van der Waals surface area contributed by atoms with Crippen LogP contribution in [0.4, 0.5) is 5.69 Å². The Hall–Kier alpha value is -2.00. The van der Waals surface area contributed by atoms with Crippen LogP contribution >= 0.6 is 11.6 Å². The van der Waals surface area contributed by atoms with Crippen LogP contribution in [0.5, 0.6) is 5.75 Å². The highest BCUT2D eigenvalue weighted by Crippen LogP contribution is 2.27. The molecule has 126 valence electrons. The molecule has 2 aromatic rings. The number of ether oxygens (including phenoxy) is 1. The molecule has 0 spiro atoms. The average Bonchev–Trinajstić information content (AvgIpc) is 2.61. The zero-order chi connectivity index (χ0) is 16.9. The van der Waals surface area contributed by atoms with Crippen molar-refractivity contribution in [2.45, 2.75) is 45.1 Å². The molecule has 3 nitrogen and oxygen atoms in total. The SMILES string of the molecule is CC[C@@H](Oc1ccc2c(c1)CCCC2)C(=O)Nc1ccccc1Cl. The van der Waals surface area contributed by atoms with Crippen LogP contribution < -0.4 is 10.1 Å². The van der Waals surface area contributed by atoms with Crippen molar-refractivity contribution < 1.29 is 9.53 Å². The molecular formula is C20H22ClNO2. The Labute approximate surface area is 148 Å². The van der Waals surface area contributed by atoms with E-state index in [1.165, 1.54) is 24.0 Å². The maximum atomic E-state index is 12.5. The lowest BCUT2D eigenvalue weighted by Crippen LogP contribution is -2.32. The average molecular weight is 344 g/mol. The second-order valence-corrected chi connectivity index (χ2v) is 6.53. The number of hydrogen-bond acceptors (Lipinski definition) is 2. The minimum absolute atomic E-state index is 0.177. The van der Waals surface area contributed by atoms with Crippen LogP contribution in [0.2, 0.25) is 5.02 Å². The fourth-order valence-electron chi connectivity index (χ4n) is 3.05. The number of aryl methyl sites for hydroxylation is 2. The number of benzene rings is 2. The Kier molecular flexibility index (Phi) is 5.41. The lowest BCUT2D eigenvalue weighted by atomic mass is 9.92. The highest BCUT2D eigenvalue weighted by molar-refractivity contribution is 6.33. The van der Waals surface area contributed by atoms with Crippen LogP contribution in [-0.2, 0) is 17.6 Å². The van der Waals surface area contributed by atoms with Gasteiger partial charge in [0.2, 0.25) is 0 Å². The highest BCUT2D eigenvalue weighted by atomic mass is 35.5. The minimum Gasteiger partial charge on any atom is -0.481 e. The normalized spacial score (nSPS) is 14.6. The third-order valence-electron chi connectivity index (χ3n) is 4.39. The summed E-state index contributed by atoms with van der Waals surface area (Å²) in [5.74, 6) is 0.583. The summed E-state index contributed by atoms with van der Waals surface area (Å²) in [6.45, 7) is 1.94. The largest absolute Gasteiger partial charge is 0.481 e. The number of carbonyl (C=O) groups is 1. The Morgan fingerprint density at radius 2 is 1.92 bits per heavy atom. The van der Waals surface area contributed by atoms with Gasteiger partial charge in [-0.05, 0) is 67.5 Å². The lowest BCUT2D eigenvalue weighted by Gasteiger charge is -2.20. The summed E-state index contributed by atoms with van der Waals surface area (Å²) in [4.78, 5) is 12.5. The molecular weight excluding hydrogens is 322 g/mol. The molecule has 1 aliphatic carbocycles. The van der Waals surface area contributed by atoms with Gasteiger partial charge < -0.3 is 10.1 Å². The van der Waals surface area contributed by atoms with Gasteiger partial charge in [-0.3, -0.25) is 4.79 Å². The van der Waals surface area contributed by atoms with Crippen molar-refractivity contribution in [3.05, 3.63) is 58.6 Å². The van der Waals surface area contributed by atoms with Crippen LogP contribution in [0.1, 0.15) is 37.3 Å². The second-order valence-electron chi connectivity index (χ2n) is 6.12. The molecule has 0 bridgehead atoms. The first kappa shape index (κ1) is 16.8. The molecule has 0 saturated heterocycles. The predicted octanol–water partition coefficient (Wildman–Crippen LogP) is 5.01. The van der Waals surface area contributed by atoms with E-state index in [0.717, 1.165) is 18.6 Å². The number of anilines is 1. The van der Waals surface area contributed by atoms with Gasteiger partial charge in [-0.2, -0.15) is 0 Å². The molecule has 1 N–H and O–H groups in total. The number of halogens is 1. The number of para-hydroxylation sites is 1. The summed E-state index contributed by atoms with van der Waals surface area (Å²) in [7, 11) is 0. The molecule has 0 unspecified atom stereocenters. The number of hydrogen-bond donors (Lipinski definition) is 1. The number of nitrogens with one attached hydrogen (secondary N) is 1. The van der Waals surface area contributed by atoms with Crippen molar-refractivity contribution >= 4 is 23.2 Å². The zero-order valence-corrected chi connectivity index (χ0v) is 14.6. The van der Waals surface area contributed by atoms with E-state index in [-0.39, 0.29) is 5.91 Å². The summed E-state index contributed by atoms with van der Waals surface area (Å²) in [6.07, 6.45) is 4.76. The summed E-state index contributed by atoms with van der Waals surface area (Å²) in [6, 6.07) is 13.4. The molecule has 0 aromatic heterocycles. The van der Waals surface area contributed by atoms with E-state index in [1.54, 1.807) is 12.1 Å². The molecule has 4 heteroatoms. The maximum absolute atomic E-state index is 12.5. The fraction of sp³-hybridized carbons (Fsp3) is 0.350. The van der Waals surface area contributed by atoms with Gasteiger partial charge in [0.1, 0.15) is 5.75 Å². The molecule has 2 aromatic carbocycles. The topological polar surface area (TPSA) is 38.3 Å². The summed E-state index contributed by atoms with van der Waals surface area (Å²) < 4.78 is 5.95. The van der Waals surface area contributed by atoms with Crippen molar-refractivity contribution in [3.8, 4) is 5.75 Å². The standard InChI is InChI=1S/C20H22ClNO2/c1-2-19(20(23)22-18-10-6-5-9-17(18)21)24-16-12-11-14-7-3-4-8-15(14)13-16/h5-6,9-13,19H,2-4,7-8H2,1H3,(H,22,23)/t19-/m1/s1. The molecule has 1 amide bonds. The van der Waals surface area contributed by atoms with Crippen molar-refractivity contribution in [2.24, 2.45) is 0 Å². The first-order valence-corrected chi connectivity index (χ1v) is 8.89. The van der Waals surface area contributed by atoms with Crippen LogP contribution in [0, 0.1) is 0 Å². The summed E-state index contributed by atoms with van der Waals surface area (Å²) in [5.41, 5.74) is 3.36. The van der Waals surface area contributed by atoms with Gasteiger partial charge in [-0.25, -0.2) is 0 Å². The smallest absolute Gasteiger partial charge is 0.265 e. The molecule has 3 rings (SSSR count). The Bertz CT molecular complexity index is 729. The van der Waals surface area contributed by atoms with Crippen molar-refractivity contribution in [1.29, 1.82) is 0 Å². The van der Waals surface area contributed by atoms with Crippen molar-refractivity contribution in [2.75, 3.05) is 5.32 Å². The monoisotopic (exact) mass is 343 g/mol. The van der Waals surface area contributed by atoms with Gasteiger partial charge in [0.05, 0.1) is 10.7 Å². The van der Waals surface area contributed by atoms with Gasteiger partial charge >= 0.3 is 0 Å². The fourth-order valence-corrected chi connectivity index (χ4v) is 3.23. The number of rotatable bonds is 5. The van der Waals surface area contributed by atoms with Crippen molar-refractivity contribution in [1.82, 2.24) is 0 Å². The Morgan fingerprint density at radius 3 is 2.67 bits per heavy atom. The minimum atomic E-state index is -0.539. The van der Waals surface area contributed by atoms with E-state index >= 15 is 0 Å². The Balaban J connectivity index is 1.70. The van der Waals surface area contributed by atoms with Crippen LogP contribution in [-0.4, -0.2) is 12.0 Å². The van der Waals surface area contributed by atoms with Crippen LogP contribution in [0.15, 0.2) is 42.5 Å². The van der Waals surface area contributed by atoms with Gasteiger partial charge in [0.15, 0.2) is 6.10 Å². The van der Waals surface area contributed by atoms with Gasteiger partial charge in [-0.15, -0.1) is 0 Å². The third-order valence-corrected chi connectivity index (χ3v) is 4.72. The molecule has 1 atom stereocenters. The third kappa shape index (κ3) is 3.90. The van der Waals surface area contributed by atoms with Crippen LogP contribution in [0.3, 0.4) is 0 Å². The van der Waals surface area contributed by atoms with Crippen LogP contribution in [0.25, 0.3) is 0 Å². The maximum Gasteiger partial charge on any atom is 0.265 e. The zero-order valence-electron chi connectivity index (χ0n) is 13.8. The van der Waals surface area contributed by atoms with E-state index < -0.39 is 6.10 Å². The van der Waals surface area contributed by atoms with E-state index in [2.05, 4.69) is 17.4 Å². The van der Waals surface area contributed by atoms with Crippen molar-refractivity contribution in [3.63, 3.8) is 0 Å².